The number of nitrogens with zero attached hydrogens (tertiary/aromatic N) is 1. The fourth-order valence-corrected chi connectivity index (χ4v) is 2.56. The third kappa shape index (κ3) is 2.92. The average Bonchev–Trinajstić information content (AvgIpc) is 2.34. The van der Waals surface area contributed by atoms with Crippen molar-refractivity contribution in [2.24, 2.45) is 5.41 Å². The van der Waals surface area contributed by atoms with Gasteiger partial charge in [0, 0.05) is 18.7 Å². The molecule has 0 aromatic heterocycles. The fourth-order valence-electron chi connectivity index (χ4n) is 2.56. The lowest BCUT2D eigenvalue weighted by molar-refractivity contribution is -0.151. The van der Waals surface area contributed by atoms with Gasteiger partial charge >= 0.3 is 5.97 Å². The monoisotopic (exact) mass is 269 g/mol. The van der Waals surface area contributed by atoms with Gasteiger partial charge in [-0.15, -0.1) is 0 Å². The maximum Gasteiger partial charge on any atom is 0.310 e. The summed E-state index contributed by atoms with van der Waals surface area (Å²) >= 11 is 0. The molecule has 1 aromatic carbocycles. The summed E-state index contributed by atoms with van der Waals surface area (Å²) in [6.45, 7) is 2.77. The van der Waals surface area contributed by atoms with Crippen molar-refractivity contribution >= 4 is 5.97 Å². The summed E-state index contributed by atoms with van der Waals surface area (Å²) < 4.78 is 27.1. The van der Waals surface area contributed by atoms with E-state index in [0.717, 1.165) is 6.42 Å². The first-order valence-corrected chi connectivity index (χ1v) is 6.31. The number of piperidine rings is 1. The van der Waals surface area contributed by atoms with Gasteiger partial charge in [-0.25, -0.2) is 8.78 Å². The quantitative estimate of drug-likeness (QED) is 0.917. The van der Waals surface area contributed by atoms with Crippen LogP contribution >= 0.6 is 0 Å². The Morgan fingerprint density at radius 2 is 2.05 bits per heavy atom. The van der Waals surface area contributed by atoms with Gasteiger partial charge in [-0.3, -0.25) is 9.69 Å². The van der Waals surface area contributed by atoms with E-state index in [2.05, 4.69) is 0 Å². The van der Waals surface area contributed by atoms with Crippen LogP contribution in [0, 0.1) is 17.0 Å². The van der Waals surface area contributed by atoms with Crippen LogP contribution < -0.4 is 0 Å². The molecule has 1 fully saturated rings. The standard InChI is InChI=1S/C14H17F2NO2/c1-14(13(18)19)6-3-7-17(9-14)8-10-11(15)4-2-5-12(10)16/h2,4-5H,3,6-9H2,1H3,(H,18,19). The molecule has 1 unspecified atom stereocenters. The van der Waals surface area contributed by atoms with Crippen molar-refractivity contribution < 1.29 is 18.7 Å². The Kier molecular flexibility index (Phi) is 3.85. The van der Waals surface area contributed by atoms with Gasteiger partial charge in [0.25, 0.3) is 0 Å². The number of likely N-dealkylation sites (tertiary alicyclic amines) is 1. The van der Waals surface area contributed by atoms with Gasteiger partial charge in [0.2, 0.25) is 0 Å². The predicted octanol–water partition coefficient (Wildman–Crippen LogP) is 2.65. The van der Waals surface area contributed by atoms with Crippen molar-refractivity contribution in [3.05, 3.63) is 35.4 Å². The molecule has 1 atom stereocenters. The van der Waals surface area contributed by atoms with E-state index < -0.39 is 23.0 Å². The lowest BCUT2D eigenvalue weighted by Crippen LogP contribution is -2.45. The smallest absolute Gasteiger partial charge is 0.310 e. The van der Waals surface area contributed by atoms with Gasteiger partial charge in [-0.1, -0.05) is 6.07 Å². The highest BCUT2D eigenvalue weighted by molar-refractivity contribution is 5.74. The van der Waals surface area contributed by atoms with E-state index in [1.807, 2.05) is 0 Å². The number of benzene rings is 1. The molecule has 104 valence electrons. The molecule has 0 bridgehead atoms. The highest BCUT2D eigenvalue weighted by Crippen LogP contribution is 2.30. The van der Waals surface area contributed by atoms with E-state index in [-0.39, 0.29) is 12.1 Å². The van der Waals surface area contributed by atoms with Crippen LogP contribution in [0.25, 0.3) is 0 Å². The summed E-state index contributed by atoms with van der Waals surface area (Å²) in [5.41, 5.74) is -0.822. The Morgan fingerprint density at radius 1 is 1.42 bits per heavy atom. The normalized spacial score (nSPS) is 24.4. The maximum atomic E-state index is 13.6. The molecule has 1 N–H and O–H groups in total. The summed E-state index contributed by atoms with van der Waals surface area (Å²) in [6, 6.07) is 3.77. The van der Waals surface area contributed by atoms with E-state index in [9.17, 15) is 18.7 Å². The average molecular weight is 269 g/mol. The largest absolute Gasteiger partial charge is 0.481 e. The highest BCUT2D eigenvalue weighted by Gasteiger charge is 2.38. The minimum Gasteiger partial charge on any atom is -0.481 e. The van der Waals surface area contributed by atoms with E-state index >= 15 is 0 Å². The van der Waals surface area contributed by atoms with Crippen LogP contribution in [0.4, 0.5) is 8.78 Å². The van der Waals surface area contributed by atoms with Crippen molar-refractivity contribution in [2.45, 2.75) is 26.3 Å². The summed E-state index contributed by atoms with van der Waals surface area (Å²) in [6.07, 6.45) is 1.32. The van der Waals surface area contributed by atoms with Crippen LogP contribution in [0.2, 0.25) is 0 Å². The lowest BCUT2D eigenvalue weighted by Gasteiger charge is -2.37. The third-order valence-electron chi connectivity index (χ3n) is 3.74. The van der Waals surface area contributed by atoms with E-state index in [1.54, 1.807) is 11.8 Å². The number of rotatable bonds is 3. The van der Waals surface area contributed by atoms with Crippen LogP contribution in [-0.4, -0.2) is 29.1 Å². The minimum absolute atomic E-state index is 0.0112. The zero-order valence-electron chi connectivity index (χ0n) is 10.8. The molecule has 0 saturated carbocycles. The molecule has 5 heteroatoms. The van der Waals surface area contributed by atoms with Gasteiger partial charge in [0.15, 0.2) is 0 Å². The Hall–Kier alpha value is -1.49. The second-order valence-corrected chi connectivity index (χ2v) is 5.38. The number of carboxylic acids is 1. The summed E-state index contributed by atoms with van der Waals surface area (Å²) in [5.74, 6) is -2.02. The number of carbonyl (C=O) groups is 1. The molecule has 2 rings (SSSR count). The maximum absolute atomic E-state index is 13.6. The number of hydrogen-bond donors (Lipinski definition) is 1. The number of halogens is 2. The predicted molar refractivity (Wildman–Crippen MR) is 66.6 cm³/mol. The molecule has 19 heavy (non-hydrogen) atoms. The Bertz CT molecular complexity index is 472. The van der Waals surface area contributed by atoms with Gasteiger partial charge < -0.3 is 5.11 Å². The molecule has 0 amide bonds. The molecular formula is C14H17F2NO2. The molecule has 0 aliphatic carbocycles. The van der Waals surface area contributed by atoms with E-state index in [4.69, 9.17) is 0 Å². The minimum atomic E-state index is -0.855. The van der Waals surface area contributed by atoms with E-state index in [1.165, 1.54) is 18.2 Å². The summed E-state index contributed by atoms with van der Waals surface area (Å²) in [5, 5.41) is 9.22. The Balaban J connectivity index is 2.13. The third-order valence-corrected chi connectivity index (χ3v) is 3.74. The molecule has 0 spiro atoms. The first kappa shape index (κ1) is 13.9. The van der Waals surface area contributed by atoms with Crippen molar-refractivity contribution in [2.75, 3.05) is 13.1 Å². The second-order valence-electron chi connectivity index (χ2n) is 5.38. The number of carboxylic acid groups (broad SMARTS) is 1. The molecule has 1 aliphatic rings. The Morgan fingerprint density at radius 3 is 2.63 bits per heavy atom. The van der Waals surface area contributed by atoms with Crippen LogP contribution in [-0.2, 0) is 11.3 Å². The molecule has 0 radical (unpaired) electrons. The number of aliphatic carboxylic acids is 1. The van der Waals surface area contributed by atoms with Crippen LogP contribution in [0.15, 0.2) is 18.2 Å². The van der Waals surface area contributed by atoms with Crippen molar-refractivity contribution in [1.29, 1.82) is 0 Å². The summed E-state index contributed by atoms with van der Waals surface area (Å²) in [4.78, 5) is 13.0. The Labute approximate surface area is 110 Å². The zero-order chi connectivity index (χ0) is 14.0. The van der Waals surface area contributed by atoms with Crippen molar-refractivity contribution in [3.8, 4) is 0 Å². The molecule has 1 aromatic rings. The molecule has 1 aliphatic heterocycles. The van der Waals surface area contributed by atoms with Gasteiger partial charge in [0.05, 0.1) is 5.41 Å². The van der Waals surface area contributed by atoms with Gasteiger partial charge in [-0.2, -0.15) is 0 Å². The molecule has 3 nitrogen and oxygen atoms in total. The summed E-state index contributed by atoms with van der Waals surface area (Å²) in [7, 11) is 0. The molecule has 1 saturated heterocycles. The highest BCUT2D eigenvalue weighted by atomic mass is 19.1. The first-order valence-electron chi connectivity index (χ1n) is 6.31. The van der Waals surface area contributed by atoms with Gasteiger partial charge in [0.1, 0.15) is 11.6 Å². The first-order chi connectivity index (χ1) is 8.92. The van der Waals surface area contributed by atoms with E-state index in [0.29, 0.717) is 19.5 Å². The van der Waals surface area contributed by atoms with Crippen molar-refractivity contribution in [3.63, 3.8) is 0 Å². The van der Waals surface area contributed by atoms with Gasteiger partial charge in [-0.05, 0) is 38.4 Å². The zero-order valence-corrected chi connectivity index (χ0v) is 10.8. The van der Waals surface area contributed by atoms with Crippen LogP contribution in [0.5, 0.6) is 0 Å². The number of hydrogen-bond acceptors (Lipinski definition) is 2. The van der Waals surface area contributed by atoms with Crippen LogP contribution in [0.3, 0.4) is 0 Å². The lowest BCUT2D eigenvalue weighted by atomic mass is 9.82. The SMILES string of the molecule is CC1(C(=O)O)CCCN(Cc2c(F)cccc2F)C1. The molecule has 1 heterocycles. The second kappa shape index (κ2) is 5.25. The molecular weight excluding hydrogens is 252 g/mol. The van der Waals surface area contributed by atoms with Crippen molar-refractivity contribution in [1.82, 2.24) is 4.90 Å². The topological polar surface area (TPSA) is 40.5 Å². The van der Waals surface area contributed by atoms with Crippen LogP contribution in [0.1, 0.15) is 25.3 Å². The fraction of sp³-hybridized carbons (Fsp3) is 0.500.